The molecule has 0 fully saturated rings. The van der Waals surface area contributed by atoms with Crippen LogP contribution in [0, 0.1) is 0 Å². The van der Waals surface area contributed by atoms with E-state index in [0.29, 0.717) is 13.1 Å². The Labute approximate surface area is 131 Å². The second-order valence-electron chi connectivity index (χ2n) is 7.02. The Bertz CT molecular complexity index is 279. The Morgan fingerprint density at radius 1 is 1.14 bits per heavy atom. The van der Waals surface area contributed by atoms with Crippen molar-refractivity contribution in [1.82, 2.24) is 15.5 Å². The highest BCUT2D eigenvalue weighted by atomic mass is 15.2. The van der Waals surface area contributed by atoms with Crippen LogP contribution < -0.4 is 27.8 Å². The second-order valence-corrected chi connectivity index (χ2v) is 7.02. The lowest BCUT2D eigenvalue weighted by Gasteiger charge is -2.50. The SMILES string of the molecule is CC(N)CNC(CN)CC(C)(NCCN)C(C)(C)N(C)C. The minimum atomic E-state index is -0.106. The molecule has 0 aromatic heterocycles. The summed E-state index contributed by atoms with van der Waals surface area (Å²) in [7, 11) is 4.21. The minimum Gasteiger partial charge on any atom is -0.329 e. The van der Waals surface area contributed by atoms with Crippen molar-refractivity contribution in [2.75, 3.05) is 40.3 Å². The molecule has 0 radical (unpaired) electrons. The molecule has 6 heteroatoms. The lowest BCUT2D eigenvalue weighted by molar-refractivity contribution is 0.0590. The molecule has 3 unspecified atom stereocenters. The maximum atomic E-state index is 5.94. The maximum absolute atomic E-state index is 5.94. The van der Waals surface area contributed by atoms with Crippen LogP contribution in [0.4, 0.5) is 0 Å². The first kappa shape index (κ1) is 20.8. The molecule has 21 heavy (non-hydrogen) atoms. The van der Waals surface area contributed by atoms with Gasteiger partial charge in [-0.25, -0.2) is 0 Å². The molecule has 0 aliphatic rings. The van der Waals surface area contributed by atoms with Gasteiger partial charge in [-0.2, -0.15) is 0 Å². The van der Waals surface area contributed by atoms with Crippen molar-refractivity contribution >= 4 is 0 Å². The van der Waals surface area contributed by atoms with E-state index in [1.807, 2.05) is 6.92 Å². The summed E-state index contributed by atoms with van der Waals surface area (Å²) in [6, 6.07) is 0.356. The molecule has 0 spiro atoms. The summed E-state index contributed by atoms with van der Waals surface area (Å²) in [5.41, 5.74) is 17.3. The van der Waals surface area contributed by atoms with Crippen LogP contribution in [-0.4, -0.2) is 68.3 Å². The van der Waals surface area contributed by atoms with Gasteiger partial charge in [0.15, 0.2) is 0 Å². The largest absolute Gasteiger partial charge is 0.329 e. The molecule has 0 aliphatic carbocycles. The average Bonchev–Trinajstić information content (AvgIpc) is 2.40. The van der Waals surface area contributed by atoms with E-state index in [4.69, 9.17) is 17.2 Å². The zero-order valence-corrected chi connectivity index (χ0v) is 14.9. The molecule has 128 valence electrons. The van der Waals surface area contributed by atoms with Crippen molar-refractivity contribution in [2.45, 2.75) is 57.3 Å². The molecule has 0 saturated carbocycles. The standard InChI is InChI=1S/C15H38N6/c1-12(18)11-19-13(10-17)9-15(4,20-8-7-16)14(2,3)21(5)6/h12-13,19-20H,7-11,16-18H2,1-6H3. The average molecular weight is 303 g/mol. The Morgan fingerprint density at radius 2 is 1.71 bits per heavy atom. The number of likely N-dealkylation sites (N-methyl/N-ethyl adjacent to an activating group) is 1. The quantitative estimate of drug-likeness (QED) is 0.345. The number of nitrogens with zero attached hydrogens (tertiary/aromatic N) is 1. The van der Waals surface area contributed by atoms with Crippen molar-refractivity contribution < 1.29 is 0 Å². The van der Waals surface area contributed by atoms with Gasteiger partial charge in [0.2, 0.25) is 0 Å². The monoisotopic (exact) mass is 302 g/mol. The van der Waals surface area contributed by atoms with Crippen molar-refractivity contribution in [3.05, 3.63) is 0 Å². The minimum absolute atomic E-state index is 0.0361. The Morgan fingerprint density at radius 3 is 2.10 bits per heavy atom. The van der Waals surface area contributed by atoms with E-state index < -0.39 is 0 Å². The van der Waals surface area contributed by atoms with Gasteiger partial charge in [-0.1, -0.05) is 0 Å². The normalized spacial score (nSPS) is 18.6. The molecule has 0 bridgehead atoms. The molecule has 0 rings (SSSR count). The third-order valence-corrected chi connectivity index (χ3v) is 4.80. The van der Waals surface area contributed by atoms with E-state index in [0.717, 1.165) is 19.5 Å². The van der Waals surface area contributed by atoms with Crippen LogP contribution in [0.25, 0.3) is 0 Å². The summed E-state index contributed by atoms with van der Waals surface area (Å²) in [6.45, 7) is 11.5. The fourth-order valence-electron chi connectivity index (χ4n) is 2.46. The number of hydrogen-bond acceptors (Lipinski definition) is 6. The third-order valence-electron chi connectivity index (χ3n) is 4.80. The molecule has 0 aromatic carbocycles. The highest BCUT2D eigenvalue weighted by molar-refractivity contribution is 5.05. The first-order valence-electron chi connectivity index (χ1n) is 7.92. The summed E-state index contributed by atoms with van der Waals surface area (Å²) in [5, 5.41) is 7.10. The first-order valence-corrected chi connectivity index (χ1v) is 7.92. The first-order chi connectivity index (χ1) is 9.60. The molecule has 0 aromatic rings. The van der Waals surface area contributed by atoms with Gasteiger partial charge in [-0.3, -0.25) is 0 Å². The van der Waals surface area contributed by atoms with E-state index in [-0.39, 0.29) is 23.2 Å². The Kier molecular flexibility index (Phi) is 8.92. The van der Waals surface area contributed by atoms with E-state index >= 15 is 0 Å². The highest BCUT2D eigenvalue weighted by Gasteiger charge is 2.43. The lowest BCUT2D eigenvalue weighted by Crippen LogP contribution is -2.67. The van der Waals surface area contributed by atoms with Crippen LogP contribution >= 0.6 is 0 Å². The van der Waals surface area contributed by atoms with Crippen molar-refractivity contribution in [3.8, 4) is 0 Å². The van der Waals surface area contributed by atoms with Crippen LogP contribution in [0.1, 0.15) is 34.1 Å². The lowest BCUT2D eigenvalue weighted by atomic mass is 9.75. The molecule has 3 atom stereocenters. The topological polar surface area (TPSA) is 105 Å². The van der Waals surface area contributed by atoms with Gasteiger partial charge in [-0.05, 0) is 48.2 Å². The Balaban J connectivity index is 5.03. The maximum Gasteiger partial charge on any atom is 0.0347 e. The van der Waals surface area contributed by atoms with Crippen LogP contribution in [0.5, 0.6) is 0 Å². The summed E-state index contributed by atoms with van der Waals surface area (Å²) >= 11 is 0. The van der Waals surface area contributed by atoms with Crippen LogP contribution in [0.3, 0.4) is 0 Å². The zero-order valence-electron chi connectivity index (χ0n) is 14.9. The molecule has 0 heterocycles. The fourth-order valence-corrected chi connectivity index (χ4v) is 2.46. The molecular weight excluding hydrogens is 264 g/mol. The van der Waals surface area contributed by atoms with Gasteiger partial charge < -0.3 is 32.7 Å². The van der Waals surface area contributed by atoms with Gasteiger partial charge in [-0.15, -0.1) is 0 Å². The second kappa shape index (κ2) is 9.02. The molecule has 0 saturated heterocycles. The van der Waals surface area contributed by atoms with Gasteiger partial charge in [0, 0.05) is 49.3 Å². The van der Waals surface area contributed by atoms with Crippen molar-refractivity contribution in [3.63, 3.8) is 0 Å². The Hall–Kier alpha value is -0.240. The predicted molar refractivity (Wildman–Crippen MR) is 92.3 cm³/mol. The van der Waals surface area contributed by atoms with Gasteiger partial charge in [0.25, 0.3) is 0 Å². The van der Waals surface area contributed by atoms with E-state index in [2.05, 4.69) is 50.4 Å². The number of rotatable bonds is 11. The molecule has 0 aliphatic heterocycles. The van der Waals surface area contributed by atoms with Crippen molar-refractivity contribution in [2.24, 2.45) is 17.2 Å². The van der Waals surface area contributed by atoms with Gasteiger partial charge >= 0.3 is 0 Å². The number of nitrogens with one attached hydrogen (secondary N) is 2. The fraction of sp³-hybridized carbons (Fsp3) is 1.00. The number of nitrogens with two attached hydrogens (primary N) is 3. The zero-order chi connectivity index (χ0) is 16.7. The summed E-state index contributed by atoms with van der Waals surface area (Å²) in [4.78, 5) is 2.25. The summed E-state index contributed by atoms with van der Waals surface area (Å²) in [5.74, 6) is 0. The van der Waals surface area contributed by atoms with Crippen LogP contribution in [0.2, 0.25) is 0 Å². The van der Waals surface area contributed by atoms with Gasteiger partial charge in [0.05, 0.1) is 0 Å². The molecule has 0 amide bonds. The van der Waals surface area contributed by atoms with Crippen LogP contribution in [0.15, 0.2) is 0 Å². The van der Waals surface area contributed by atoms with Crippen molar-refractivity contribution in [1.29, 1.82) is 0 Å². The van der Waals surface area contributed by atoms with E-state index in [1.54, 1.807) is 0 Å². The smallest absolute Gasteiger partial charge is 0.0347 e. The molecule has 6 nitrogen and oxygen atoms in total. The van der Waals surface area contributed by atoms with E-state index in [9.17, 15) is 0 Å². The highest BCUT2D eigenvalue weighted by Crippen LogP contribution is 2.30. The van der Waals surface area contributed by atoms with E-state index in [1.165, 1.54) is 0 Å². The summed E-state index contributed by atoms with van der Waals surface area (Å²) < 4.78 is 0. The number of hydrogen-bond donors (Lipinski definition) is 5. The summed E-state index contributed by atoms with van der Waals surface area (Å²) in [6.07, 6.45) is 0.918. The molecule has 8 N–H and O–H groups in total. The molecular formula is C15H38N6. The van der Waals surface area contributed by atoms with Crippen LogP contribution in [-0.2, 0) is 0 Å². The predicted octanol–water partition coefficient (Wildman–Crippen LogP) is -0.712. The third kappa shape index (κ3) is 6.18. The van der Waals surface area contributed by atoms with Gasteiger partial charge in [0.1, 0.15) is 0 Å².